The van der Waals surface area contributed by atoms with Gasteiger partial charge >= 0.3 is 18.0 Å². The van der Waals surface area contributed by atoms with E-state index in [0.717, 1.165) is 5.56 Å². The smallest absolute Gasteiger partial charge is 0.411 e. The highest BCUT2D eigenvalue weighted by atomic mass is 32.1. The van der Waals surface area contributed by atoms with Gasteiger partial charge in [-0.2, -0.15) is 5.10 Å². The molecule has 0 spiro atoms. The third kappa shape index (κ3) is 5.25. The summed E-state index contributed by atoms with van der Waals surface area (Å²) >= 11 is 1.21. The maximum absolute atomic E-state index is 13.9. The van der Waals surface area contributed by atoms with Crippen molar-refractivity contribution in [1.29, 1.82) is 0 Å². The van der Waals surface area contributed by atoms with Gasteiger partial charge in [-0.25, -0.2) is 9.59 Å². The SMILES string of the molecule is CC(C)(C)OC(=O)C1(Cn2cccn2)CC(C(=O)O)C(c2cncs2)N1C(=O)OCc1ccccc1. The van der Waals surface area contributed by atoms with E-state index in [1.807, 2.05) is 30.3 Å². The molecule has 1 amide bonds. The molecular formula is C25H28N4O6S. The minimum absolute atomic E-state index is 0.0461. The molecule has 0 aliphatic carbocycles. The second-order valence-electron chi connectivity index (χ2n) is 9.64. The molecule has 1 aromatic carbocycles. The molecular weight excluding hydrogens is 484 g/mol. The van der Waals surface area contributed by atoms with E-state index in [0.29, 0.717) is 4.88 Å². The molecule has 1 saturated heterocycles. The first-order valence-corrected chi connectivity index (χ1v) is 12.3. The van der Waals surface area contributed by atoms with Gasteiger partial charge < -0.3 is 14.6 Å². The number of aliphatic carboxylic acids is 1. The number of nitrogens with zero attached hydrogens (tertiary/aromatic N) is 4. The molecule has 190 valence electrons. The molecule has 0 bridgehead atoms. The van der Waals surface area contributed by atoms with Crippen LogP contribution in [0.4, 0.5) is 4.79 Å². The van der Waals surface area contributed by atoms with E-state index < -0.39 is 41.1 Å². The second-order valence-corrected chi connectivity index (χ2v) is 10.6. The van der Waals surface area contributed by atoms with Gasteiger partial charge in [0.15, 0.2) is 5.54 Å². The Morgan fingerprint density at radius 3 is 2.53 bits per heavy atom. The van der Waals surface area contributed by atoms with Crippen LogP contribution in [0.1, 0.15) is 43.7 Å². The average molecular weight is 513 g/mol. The molecule has 11 heteroatoms. The summed E-state index contributed by atoms with van der Waals surface area (Å²) in [5.41, 5.74) is -0.258. The molecule has 2 aromatic heterocycles. The van der Waals surface area contributed by atoms with Crippen LogP contribution in [0.25, 0.3) is 0 Å². The van der Waals surface area contributed by atoms with Crippen molar-refractivity contribution in [3.05, 3.63) is 70.9 Å². The van der Waals surface area contributed by atoms with Crippen LogP contribution in [0.15, 0.2) is 60.5 Å². The average Bonchev–Trinajstić information content (AvgIpc) is 3.58. The fourth-order valence-corrected chi connectivity index (χ4v) is 5.21. The number of carboxylic acid groups (broad SMARTS) is 1. The van der Waals surface area contributed by atoms with Crippen molar-refractivity contribution in [1.82, 2.24) is 19.7 Å². The predicted octanol–water partition coefficient (Wildman–Crippen LogP) is 3.90. The largest absolute Gasteiger partial charge is 0.481 e. The van der Waals surface area contributed by atoms with Crippen molar-refractivity contribution in [2.45, 2.75) is 57.5 Å². The van der Waals surface area contributed by atoms with E-state index in [1.54, 1.807) is 44.7 Å². The highest BCUT2D eigenvalue weighted by Crippen LogP contribution is 2.50. The topological polar surface area (TPSA) is 124 Å². The van der Waals surface area contributed by atoms with Crippen LogP contribution in [0, 0.1) is 5.92 Å². The van der Waals surface area contributed by atoms with E-state index in [4.69, 9.17) is 9.47 Å². The number of likely N-dealkylation sites (tertiary alicyclic amines) is 1. The van der Waals surface area contributed by atoms with E-state index in [2.05, 4.69) is 10.1 Å². The quantitative estimate of drug-likeness (QED) is 0.473. The molecule has 1 N–H and O–H groups in total. The predicted molar refractivity (Wildman–Crippen MR) is 130 cm³/mol. The number of rotatable bonds is 7. The summed E-state index contributed by atoms with van der Waals surface area (Å²) in [4.78, 5) is 46.0. The molecule has 1 fully saturated rings. The van der Waals surface area contributed by atoms with Crippen molar-refractivity contribution in [3.63, 3.8) is 0 Å². The summed E-state index contributed by atoms with van der Waals surface area (Å²) in [5.74, 6) is -2.96. The fourth-order valence-electron chi connectivity index (χ4n) is 4.44. The Morgan fingerprint density at radius 1 is 1.19 bits per heavy atom. The van der Waals surface area contributed by atoms with E-state index in [9.17, 15) is 19.5 Å². The Morgan fingerprint density at radius 2 is 1.94 bits per heavy atom. The fraction of sp³-hybridized carbons (Fsp3) is 0.400. The van der Waals surface area contributed by atoms with E-state index >= 15 is 0 Å². The monoisotopic (exact) mass is 512 g/mol. The molecule has 0 saturated carbocycles. The van der Waals surface area contributed by atoms with E-state index in [-0.39, 0.29) is 19.6 Å². The number of ether oxygens (including phenoxy) is 2. The van der Waals surface area contributed by atoms with Gasteiger partial charge in [0.05, 0.1) is 24.0 Å². The zero-order valence-electron chi connectivity index (χ0n) is 20.2. The molecule has 10 nitrogen and oxygen atoms in total. The third-order valence-electron chi connectivity index (χ3n) is 5.90. The Bertz CT molecular complexity index is 1190. The molecule has 0 radical (unpaired) electrons. The van der Waals surface area contributed by atoms with Crippen LogP contribution >= 0.6 is 11.3 Å². The van der Waals surface area contributed by atoms with Crippen LogP contribution < -0.4 is 0 Å². The molecule has 4 rings (SSSR count). The Kier molecular flexibility index (Phi) is 7.11. The highest BCUT2D eigenvalue weighted by molar-refractivity contribution is 7.09. The summed E-state index contributed by atoms with van der Waals surface area (Å²) in [6.45, 7) is 5.00. The van der Waals surface area contributed by atoms with Gasteiger partial charge in [0, 0.05) is 23.5 Å². The Hall–Kier alpha value is -3.73. The first kappa shape index (κ1) is 25.4. The lowest BCUT2D eigenvalue weighted by atomic mass is 9.90. The Labute approximate surface area is 212 Å². The van der Waals surface area contributed by atoms with Gasteiger partial charge in [0.1, 0.15) is 12.2 Å². The van der Waals surface area contributed by atoms with Crippen LogP contribution in [0.2, 0.25) is 0 Å². The molecule has 3 unspecified atom stereocenters. The summed E-state index contributed by atoms with van der Waals surface area (Å²) in [5, 5.41) is 14.4. The zero-order chi connectivity index (χ0) is 25.9. The van der Waals surface area contributed by atoms with Crippen LogP contribution in [-0.2, 0) is 32.2 Å². The third-order valence-corrected chi connectivity index (χ3v) is 6.75. The van der Waals surface area contributed by atoms with Crippen molar-refractivity contribution in [3.8, 4) is 0 Å². The minimum Gasteiger partial charge on any atom is -0.481 e. The molecule has 1 aliphatic heterocycles. The first-order valence-electron chi connectivity index (χ1n) is 11.4. The van der Waals surface area contributed by atoms with Gasteiger partial charge in [-0.15, -0.1) is 11.3 Å². The number of aromatic nitrogens is 3. The van der Waals surface area contributed by atoms with Gasteiger partial charge in [-0.3, -0.25) is 19.4 Å². The number of amides is 1. The van der Waals surface area contributed by atoms with Gasteiger partial charge in [-0.05, 0) is 38.8 Å². The summed E-state index contributed by atoms with van der Waals surface area (Å²) in [6.07, 6.45) is 3.71. The lowest BCUT2D eigenvalue weighted by molar-refractivity contribution is -0.169. The van der Waals surface area contributed by atoms with Crippen molar-refractivity contribution in [2.75, 3.05) is 0 Å². The first-order chi connectivity index (χ1) is 17.1. The number of benzene rings is 1. The standard InChI is InChI=1S/C25H28N4O6S/c1-24(2,3)35-22(32)25(15-28-11-7-10-27-28)12-18(21(30)31)20(19-13-26-16-36-19)29(25)23(33)34-14-17-8-5-4-6-9-17/h4-11,13,16,18,20H,12,14-15H2,1-3H3,(H,30,31). The lowest BCUT2D eigenvalue weighted by Crippen LogP contribution is -2.58. The molecule has 3 aromatic rings. The molecule has 36 heavy (non-hydrogen) atoms. The number of esters is 1. The van der Waals surface area contributed by atoms with Gasteiger partial charge in [-0.1, -0.05) is 30.3 Å². The summed E-state index contributed by atoms with van der Waals surface area (Å²) in [7, 11) is 0. The minimum atomic E-state index is -1.69. The zero-order valence-corrected chi connectivity index (χ0v) is 21.1. The molecule has 3 heterocycles. The number of hydrogen-bond donors (Lipinski definition) is 1. The van der Waals surface area contributed by atoms with Crippen molar-refractivity contribution in [2.24, 2.45) is 5.92 Å². The van der Waals surface area contributed by atoms with Crippen molar-refractivity contribution >= 4 is 29.4 Å². The second kappa shape index (κ2) is 10.1. The maximum atomic E-state index is 13.9. The van der Waals surface area contributed by atoms with Crippen LogP contribution in [-0.4, -0.2) is 53.9 Å². The lowest BCUT2D eigenvalue weighted by Gasteiger charge is -2.39. The number of carbonyl (C=O) groups is 3. The molecule has 1 aliphatic rings. The number of carbonyl (C=O) groups excluding carboxylic acids is 2. The normalized spacial score (nSPS) is 21.8. The van der Waals surface area contributed by atoms with Crippen molar-refractivity contribution < 1.29 is 29.0 Å². The highest BCUT2D eigenvalue weighted by Gasteiger charge is 2.63. The van der Waals surface area contributed by atoms with Gasteiger partial charge in [0.2, 0.25) is 0 Å². The van der Waals surface area contributed by atoms with Crippen LogP contribution in [0.3, 0.4) is 0 Å². The maximum Gasteiger partial charge on any atom is 0.411 e. The summed E-state index contributed by atoms with van der Waals surface area (Å²) in [6, 6.07) is 9.81. The number of thiazole rings is 1. The Balaban J connectivity index is 1.82. The van der Waals surface area contributed by atoms with E-state index in [1.165, 1.54) is 27.1 Å². The summed E-state index contributed by atoms with van der Waals surface area (Å²) < 4.78 is 12.9. The van der Waals surface area contributed by atoms with Crippen LogP contribution in [0.5, 0.6) is 0 Å². The number of carboxylic acids is 1. The number of hydrogen-bond acceptors (Lipinski definition) is 8. The molecule has 3 atom stereocenters. The van der Waals surface area contributed by atoms with Gasteiger partial charge in [0.25, 0.3) is 0 Å².